The molecule has 1 saturated heterocycles. The first-order chi connectivity index (χ1) is 12.1. The van der Waals surface area contributed by atoms with Crippen LogP contribution in [0.2, 0.25) is 0 Å². The summed E-state index contributed by atoms with van der Waals surface area (Å²) in [7, 11) is 0. The second-order valence-corrected chi connectivity index (χ2v) is 5.29. The third kappa shape index (κ3) is 6.22. The Morgan fingerprint density at radius 3 is 1.85 bits per heavy atom. The molecule has 26 heavy (non-hydrogen) atoms. The van der Waals surface area contributed by atoms with Crippen LogP contribution >= 0.6 is 0 Å². The van der Waals surface area contributed by atoms with Crippen LogP contribution in [0.4, 0.5) is 0 Å². The highest BCUT2D eigenvalue weighted by Gasteiger charge is 2.51. The summed E-state index contributed by atoms with van der Waals surface area (Å²) in [6, 6.07) is 0. The highest BCUT2D eigenvalue weighted by atomic mass is 16.7. The average Bonchev–Trinajstić information content (AvgIpc) is 2.50. The molecule has 0 saturated carbocycles. The van der Waals surface area contributed by atoms with Gasteiger partial charge in [-0.05, 0) is 5.53 Å². The molecular weight excluding hydrogens is 354 g/mol. The maximum Gasteiger partial charge on any atom is 0.303 e. The summed E-state index contributed by atoms with van der Waals surface area (Å²) in [4.78, 5) is 48.0. The van der Waals surface area contributed by atoms with Crippen molar-refractivity contribution in [3.05, 3.63) is 10.4 Å². The van der Waals surface area contributed by atoms with Gasteiger partial charge in [-0.25, -0.2) is 0 Å². The molecule has 0 spiro atoms. The first-order valence-corrected chi connectivity index (χ1v) is 7.50. The number of ether oxygens (including phenoxy) is 5. The van der Waals surface area contributed by atoms with Gasteiger partial charge in [0.15, 0.2) is 24.5 Å². The van der Waals surface area contributed by atoms with Gasteiger partial charge in [0.2, 0.25) is 0 Å². The van der Waals surface area contributed by atoms with Crippen LogP contribution in [0.15, 0.2) is 5.11 Å². The number of carbonyl (C=O) groups is 4. The lowest BCUT2D eigenvalue weighted by molar-refractivity contribution is -0.251. The molecule has 1 fully saturated rings. The lowest BCUT2D eigenvalue weighted by Crippen LogP contribution is -2.61. The van der Waals surface area contributed by atoms with Gasteiger partial charge in [0.25, 0.3) is 0 Å². The van der Waals surface area contributed by atoms with Crippen molar-refractivity contribution < 1.29 is 42.9 Å². The number of carbonyl (C=O) groups excluding carboxylic acids is 4. The second-order valence-electron chi connectivity index (χ2n) is 5.29. The van der Waals surface area contributed by atoms with Crippen molar-refractivity contribution in [3.63, 3.8) is 0 Å². The van der Waals surface area contributed by atoms with Crippen molar-refractivity contribution in [1.82, 2.24) is 0 Å². The predicted molar refractivity (Wildman–Crippen MR) is 81.1 cm³/mol. The first kappa shape index (κ1) is 21.2. The zero-order valence-corrected chi connectivity index (χ0v) is 14.6. The Morgan fingerprint density at radius 2 is 1.38 bits per heavy atom. The summed E-state index contributed by atoms with van der Waals surface area (Å²) in [6.07, 6.45) is -6.52. The van der Waals surface area contributed by atoms with Crippen LogP contribution in [-0.2, 0) is 42.9 Å². The number of nitrogens with zero attached hydrogens (tertiary/aromatic N) is 3. The molecule has 0 N–H and O–H groups in total. The Morgan fingerprint density at radius 1 is 0.885 bits per heavy atom. The minimum Gasteiger partial charge on any atom is -0.463 e. The van der Waals surface area contributed by atoms with Crippen LogP contribution in [0.1, 0.15) is 27.7 Å². The molecule has 1 aliphatic heterocycles. The van der Waals surface area contributed by atoms with E-state index in [-0.39, 0.29) is 6.61 Å². The molecule has 0 aliphatic carbocycles. The third-order valence-corrected chi connectivity index (χ3v) is 3.13. The fourth-order valence-electron chi connectivity index (χ4n) is 2.35. The maximum atomic E-state index is 11.5. The van der Waals surface area contributed by atoms with Gasteiger partial charge < -0.3 is 23.7 Å². The molecule has 5 atom stereocenters. The Bertz CT molecular complexity index is 617. The van der Waals surface area contributed by atoms with Crippen LogP contribution in [-0.4, -0.2) is 61.1 Å². The van der Waals surface area contributed by atoms with Crippen molar-refractivity contribution in [2.24, 2.45) is 5.11 Å². The number of rotatable bonds is 6. The summed E-state index contributed by atoms with van der Waals surface area (Å²) in [6.45, 7) is 4.06. The van der Waals surface area contributed by atoms with Crippen LogP contribution < -0.4 is 0 Å². The van der Waals surface area contributed by atoms with E-state index in [4.69, 9.17) is 29.2 Å². The Balaban J connectivity index is 3.28. The van der Waals surface area contributed by atoms with E-state index < -0.39 is 54.5 Å². The van der Waals surface area contributed by atoms with E-state index in [2.05, 4.69) is 10.0 Å². The fraction of sp³-hybridized carbons (Fsp3) is 0.714. The van der Waals surface area contributed by atoms with E-state index >= 15 is 0 Å². The van der Waals surface area contributed by atoms with Gasteiger partial charge >= 0.3 is 23.9 Å². The van der Waals surface area contributed by atoms with Crippen molar-refractivity contribution >= 4 is 23.9 Å². The molecule has 0 bridgehead atoms. The monoisotopic (exact) mass is 373 g/mol. The molecule has 0 aromatic rings. The molecule has 12 nitrogen and oxygen atoms in total. The Kier molecular flexibility index (Phi) is 7.81. The molecule has 0 aromatic heterocycles. The van der Waals surface area contributed by atoms with E-state index in [1.165, 1.54) is 0 Å². The van der Waals surface area contributed by atoms with Crippen molar-refractivity contribution in [2.45, 2.75) is 58.3 Å². The summed E-state index contributed by atoms with van der Waals surface area (Å²) >= 11 is 0. The summed E-state index contributed by atoms with van der Waals surface area (Å²) in [5.41, 5.74) is 8.71. The summed E-state index contributed by atoms with van der Waals surface area (Å²) in [5, 5.41) is 3.38. The molecule has 144 valence electrons. The number of azide groups is 1. The van der Waals surface area contributed by atoms with E-state index in [0.29, 0.717) is 0 Å². The smallest absolute Gasteiger partial charge is 0.303 e. The number of hydrogen-bond donors (Lipinski definition) is 0. The van der Waals surface area contributed by atoms with Gasteiger partial charge in [-0.15, -0.1) is 0 Å². The largest absolute Gasteiger partial charge is 0.463 e. The van der Waals surface area contributed by atoms with E-state index in [9.17, 15) is 19.2 Å². The van der Waals surface area contributed by atoms with E-state index in [1.807, 2.05) is 0 Å². The Hall–Kier alpha value is -2.85. The van der Waals surface area contributed by atoms with Crippen LogP contribution in [0.25, 0.3) is 10.4 Å². The topological polar surface area (TPSA) is 163 Å². The zero-order chi connectivity index (χ0) is 19.9. The third-order valence-electron chi connectivity index (χ3n) is 3.13. The van der Waals surface area contributed by atoms with Crippen LogP contribution in [0.5, 0.6) is 0 Å². The lowest BCUT2D eigenvalue weighted by Gasteiger charge is -2.43. The van der Waals surface area contributed by atoms with Gasteiger partial charge in [-0.1, -0.05) is 5.11 Å². The van der Waals surface area contributed by atoms with Crippen molar-refractivity contribution in [1.29, 1.82) is 0 Å². The van der Waals surface area contributed by atoms with Gasteiger partial charge in [-0.3, -0.25) is 19.2 Å². The zero-order valence-electron chi connectivity index (χ0n) is 14.6. The van der Waals surface area contributed by atoms with Crippen LogP contribution in [0.3, 0.4) is 0 Å². The molecule has 1 heterocycles. The maximum absolute atomic E-state index is 11.5. The minimum atomic E-state index is -1.40. The normalized spacial score (nSPS) is 27.5. The average molecular weight is 373 g/mol. The molecule has 0 aromatic carbocycles. The van der Waals surface area contributed by atoms with Crippen LogP contribution in [0, 0.1) is 0 Å². The first-order valence-electron chi connectivity index (χ1n) is 7.50. The number of hydrogen-bond acceptors (Lipinski definition) is 10. The second kappa shape index (κ2) is 9.59. The Labute approximate surface area is 148 Å². The number of esters is 4. The van der Waals surface area contributed by atoms with E-state index in [0.717, 1.165) is 27.7 Å². The fourth-order valence-corrected chi connectivity index (χ4v) is 2.35. The predicted octanol–water partition coefficient (Wildman–Crippen LogP) is 0.380. The van der Waals surface area contributed by atoms with E-state index in [1.54, 1.807) is 0 Å². The molecule has 1 rings (SSSR count). The van der Waals surface area contributed by atoms with Gasteiger partial charge in [0, 0.05) is 32.6 Å². The molecule has 1 aliphatic rings. The highest BCUT2D eigenvalue weighted by Crippen LogP contribution is 2.29. The standard InChI is InChI=1S/C14H19N3O9/c1-6(18)22-5-10-11(23-7(2)19)12(24-8(3)20)13(25-9(4)21)14(26-10)16-17-15/h10-14H,5H2,1-4H3/t10-,11-,12-,13+,14-/m0/s1. The van der Waals surface area contributed by atoms with Gasteiger partial charge in [0.05, 0.1) is 0 Å². The minimum absolute atomic E-state index is 0.380. The molecule has 0 radical (unpaired) electrons. The summed E-state index contributed by atoms with van der Waals surface area (Å²) in [5.74, 6) is -2.92. The molecule has 0 unspecified atom stereocenters. The molecule has 0 amide bonds. The van der Waals surface area contributed by atoms with Gasteiger partial charge in [-0.2, -0.15) is 0 Å². The quantitative estimate of drug-likeness (QED) is 0.210. The SMILES string of the molecule is CC(=O)OC[C@@H]1O[C@H](N=[N+]=[N-])[C@H](OC(C)=O)[C@@H](OC(C)=O)[C@H]1OC(C)=O. The summed E-state index contributed by atoms with van der Waals surface area (Å²) < 4.78 is 25.6. The highest BCUT2D eigenvalue weighted by molar-refractivity contribution is 5.68. The molecular formula is C14H19N3O9. The van der Waals surface area contributed by atoms with Crippen molar-refractivity contribution in [2.75, 3.05) is 6.61 Å². The van der Waals surface area contributed by atoms with Crippen molar-refractivity contribution in [3.8, 4) is 0 Å². The van der Waals surface area contributed by atoms with Gasteiger partial charge in [0.1, 0.15) is 12.7 Å². The molecule has 12 heteroatoms. The lowest BCUT2D eigenvalue weighted by atomic mass is 9.97.